The monoisotopic (exact) mass is 380 g/mol. The molecule has 0 radical (unpaired) electrons. The summed E-state index contributed by atoms with van der Waals surface area (Å²) in [5.74, 6) is -0.423. The minimum absolute atomic E-state index is 0.0123. The van der Waals surface area contributed by atoms with Crippen molar-refractivity contribution in [1.29, 1.82) is 0 Å². The zero-order chi connectivity index (χ0) is 19.4. The molecule has 0 spiro atoms. The Hall–Kier alpha value is -3.30. The quantitative estimate of drug-likeness (QED) is 0.713. The molecular weight excluding hydrogens is 365 g/mol. The summed E-state index contributed by atoms with van der Waals surface area (Å²) in [7, 11) is 0. The maximum absolute atomic E-state index is 12.2. The van der Waals surface area contributed by atoms with Gasteiger partial charge in [-0.05, 0) is 24.3 Å². The molecule has 2 heterocycles. The van der Waals surface area contributed by atoms with Crippen LogP contribution < -0.4 is 15.7 Å². The summed E-state index contributed by atoms with van der Waals surface area (Å²) in [6.07, 6.45) is -2.90. The van der Waals surface area contributed by atoms with Crippen LogP contribution in [0, 0.1) is 0 Å². The first-order valence-electron chi connectivity index (χ1n) is 7.95. The number of halogens is 3. The summed E-state index contributed by atoms with van der Waals surface area (Å²) in [6.45, 7) is -1.35. The van der Waals surface area contributed by atoms with E-state index in [0.29, 0.717) is 11.3 Å². The summed E-state index contributed by atoms with van der Waals surface area (Å²) in [6, 6.07) is 10.7. The van der Waals surface area contributed by atoms with Gasteiger partial charge in [0.15, 0.2) is 12.3 Å². The molecule has 10 heteroatoms. The Balaban J connectivity index is 1.59. The van der Waals surface area contributed by atoms with E-state index in [1.807, 2.05) is 0 Å². The number of hydrogen-bond donors (Lipinski definition) is 1. The summed E-state index contributed by atoms with van der Waals surface area (Å²) in [4.78, 5) is 24.2. The van der Waals surface area contributed by atoms with Gasteiger partial charge in [0, 0.05) is 24.4 Å². The third-order valence-corrected chi connectivity index (χ3v) is 3.56. The Kier molecular flexibility index (Phi) is 5.15. The fourth-order valence-electron chi connectivity index (χ4n) is 2.37. The van der Waals surface area contributed by atoms with Crippen molar-refractivity contribution in [3.05, 3.63) is 59.1 Å². The van der Waals surface area contributed by atoms with Crippen LogP contribution in [0.2, 0.25) is 0 Å². The van der Waals surface area contributed by atoms with Crippen LogP contribution in [0.3, 0.4) is 0 Å². The lowest BCUT2D eigenvalue weighted by atomic mass is 10.3. The van der Waals surface area contributed by atoms with Crippen molar-refractivity contribution in [2.45, 2.75) is 19.1 Å². The number of carbonyl (C=O) groups is 1. The Labute approximate surface area is 151 Å². The van der Waals surface area contributed by atoms with E-state index in [9.17, 15) is 22.8 Å². The van der Waals surface area contributed by atoms with E-state index >= 15 is 0 Å². The lowest BCUT2D eigenvalue weighted by Gasteiger charge is -2.11. The third kappa shape index (κ3) is 4.87. The molecule has 2 aromatic heterocycles. The number of benzene rings is 1. The van der Waals surface area contributed by atoms with Crippen LogP contribution in [-0.2, 0) is 11.3 Å². The molecule has 1 aromatic carbocycles. The van der Waals surface area contributed by atoms with E-state index in [4.69, 9.17) is 0 Å². The van der Waals surface area contributed by atoms with E-state index < -0.39 is 18.7 Å². The molecule has 0 saturated carbocycles. The standard InChI is InChI=1S/C17H15F3N4O3/c18-17(19,20)11-27-13-5-3-4-12(10-13)21-15(25)7-9-24-16(26)23-8-2-1-6-14(23)22-24/h1-6,8,10H,7,9,11H2,(H,21,25). The van der Waals surface area contributed by atoms with Gasteiger partial charge in [-0.25, -0.2) is 9.48 Å². The number of nitrogens with zero attached hydrogens (tertiary/aromatic N) is 3. The van der Waals surface area contributed by atoms with Gasteiger partial charge in [0.05, 0.1) is 6.54 Å². The Morgan fingerprint density at radius 1 is 1.19 bits per heavy atom. The molecule has 0 aliphatic heterocycles. The number of ether oxygens (including phenoxy) is 1. The third-order valence-electron chi connectivity index (χ3n) is 3.56. The van der Waals surface area contributed by atoms with Gasteiger partial charge < -0.3 is 10.1 Å². The second kappa shape index (κ2) is 7.52. The number of fused-ring (bicyclic) bond motifs is 1. The maximum atomic E-state index is 12.2. The van der Waals surface area contributed by atoms with Gasteiger partial charge in [0.25, 0.3) is 0 Å². The van der Waals surface area contributed by atoms with E-state index in [2.05, 4.69) is 15.2 Å². The normalized spacial score (nSPS) is 11.5. The van der Waals surface area contributed by atoms with Gasteiger partial charge in [-0.15, -0.1) is 5.10 Å². The number of hydrogen-bond acceptors (Lipinski definition) is 4. The average Bonchev–Trinajstić information content (AvgIpc) is 2.94. The number of aryl methyl sites for hydroxylation is 1. The van der Waals surface area contributed by atoms with Crippen molar-refractivity contribution < 1.29 is 22.7 Å². The Morgan fingerprint density at radius 2 is 2.00 bits per heavy atom. The van der Waals surface area contributed by atoms with Gasteiger partial charge in [0.2, 0.25) is 5.91 Å². The molecule has 1 amide bonds. The number of amides is 1. The first-order valence-corrected chi connectivity index (χ1v) is 7.95. The second-order valence-electron chi connectivity index (χ2n) is 5.66. The van der Waals surface area contributed by atoms with Crippen LogP contribution in [-0.4, -0.2) is 32.9 Å². The second-order valence-corrected chi connectivity index (χ2v) is 5.66. The average molecular weight is 380 g/mol. The van der Waals surface area contributed by atoms with Gasteiger partial charge in [-0.2, -0.15) is 13.2 Å². The number of carbonyl (C=O) groups excluding carboxylic acids is 1. The highest BCUT2D eigenvalue weighted by Crippen LogP contribution is 2.21. The predicted molar refractivity (Wildman–Crippen MR) is 90.7 cm³/mol. The molecule has 0 bridgehead atoms. The number of anilines is 1. The minimum atomic E-state index is -4.44. The van der Waals surface area contributed by atoms with Crippen LogP contribution in [0.25, 0.3) is 5.65 Å². The topological polar surface area (TPSA) is 77.6 Å². The fourth-order valence-corrected chi connectivity index (χ4v) is 2.37. The fraction of sp³-hybridized carbons (Fsp3) is 0.235. The molecule has 3 aromatic rings. The summed E-state index contributed by atoms with van der Waals surface area (Å²) >= 11 is 0. The number of rotatable bonds is 6. The highest BCUT2D eigenvalue weighted by atomic mass is 19.4. The van der Waals surface area contributed by atoms with Crippen molar-refractivity contribution in [3.8, 4) is 5.75 Å². The molecule has 0 saturated heterocycles. The summed E-state index contributed by atoms with van der Waals surface area (Å²) in [5, 5.41) is 6.67. The van der Waals surface area contributed by atoms with Crippen molar-refractivity contribution in [1.82, 2.24) is 14.2 Å². The molecule has 3 rings (SSSR count). The van der Waals surface area contributed by atoms with E-state index in [-0.39, 0.29) is 24.4 Å². The summed E-state index contributed by atoms with van der Waals surface area (Å²) in [5.41, 5.74) is 0.403. The SMILES string of the molecule is O=C(CCn1nc2ccccn2c1=O)Nc1cccc(OCC(F)(F)F)c1. The van der Waals surface area contributed by atoms with Crippen LogP contribution in [0.5, 0.6) is 5.75 Å². The molecule has 27 heavy (non-hydrogen) atoms. The van der Waals surface area contributed by atoms with Crippen molar-refractivity contribution in [2.24, 2.45) is 0 Å². The first kappa shape index (κ1) is 18.5. The van der Waals surface area contributed by atoms with Crippen molar-refractivity contribution >= 4 is 17.2 Å². The molecule has 0 unspecified atom stereocenters. The smallest absolute Gasteiger partial charge is 0.422 e. The molecule has 142 valence electrons. The van der Waals surface area contributed by atoms with E-state index in [1.54, 1.807) is 24.4 Å². The lowest BCUT2D eigenvalue weighted by molar-refractivity contribution is -0.153. The van der Waals surface area contributed by atoms with Gasteiger partial charge >= 0.3 is 11.9 Å². The highest BCUT2D eigenvalue weighted by molar-refractivity contribution is 5.90. The van der Waals surface area contributed by atoms with E-state index in [0.717, 1.165) is 0 Å². The highest BCUT2D eigenvalue weighted by Gasteiger charge is 2.28. The van der Waals surface area contributed by atoms with Crippen LogP contribution in [0.1, 0.15) is 6.42 Å². The van der Waals surface area contributed by atoms with Gasteiger partial charge in [0.1, 0.15) is 5.75 Å². The van der Waals surface area contributed by atoms with Gasteiger partial charge in [-0.1, -0.05) is 12.1 Å². The van der Waals surface area contributed by atoms with Crippen molar-refractivity contribution in [2.75, 3.05) is 11.9 Å². The molecule has 0 atom stereocenters. The zero-order valence-corrected chi connectivity index (χ0v) is 13.9. The predicted octanol–water partition coefficient (Wildman–Crippen LogP) is 2.47. The number of alkyl halides is 3. The van der Waals surface area contributed by atoms with Crippen molar-refractivity contribution in [3.63, 3.8) is 0 Å². The molecule has 0 aliphatic carbocycles. The van der Waals surface area contributed by atoms with E-state index in [1.165, 1.54) is 33.3 Å². The van der Waals surface area contributed by atoms with Crippen LogP contribution >= 0.6 is 0 Å². The maximum Gasteiger partial charge on any atom is 0.422 e. The number of nitrogens with one attached hydrogen (secondary N) is 1. The number of pyridine rings is 1. The molecule has 0 aliphatic rings. The summed E-state index contributed by atoms with van der Waals surface area (Å²) < 4.78 is 43.8. The Bertz CT molecular complexity index is 1010. The van der Waals surface area contributed by atoms with Crippen LogP contribution in [0.15, 0.2) is 53.5 Å². The molecule has 0 fully saturated rings. The largest absolute Gasteiger partial charge is 0.484 e. The Morgan fingerprint density at radius 3 is 2.74 bits per heavy atom. The molecule has 1 N–H and O–H groups in total. The first-order chi connectivity index (χ1) is 12.8. The minimum Gasteiger partial charge on any atom is -0.484 e. The van der Waals surface area contributed by atoms with Gasteiger partial charge in [-0.3, -0.25) is 9.20 Å². The zero-order valence-electron chi connectivity index (χ0n) is 13.9. The molecule has 7 nitrogen and oxygen atoms in total. The number of aromatic nitrogens is 3. The molecular formula is C17H15F3N4O3. The van der Waals surface area contributed by atoms with Crippen LogP contribution in [0.4, 0.5) is 18.9 Å². The lowest BCUT2D eigenvalue weighted by Crippen LogP contribution is -2.24.